The van der Waals surface area contributed by atoms with Gasteiger partial charge in [0.05, 0.1) is 19.0 Å². The van der Waals surface area contributed by atoms with Gasteiger partial charge in [0.2, 0.25) is 5.95 Å². The second-order valence-corrected chi connectivity index (χ2v) is 5.30. The predicted octanol–water partition coefficient (Wildman–Crippen LogP) is 2.25. The zero-order chi connectivity index (χ0) is 15.9. The van der Waals surface area contributed by atoms with Gasteiger partial charge in [-0.3, -0.25) is 0 Å². The van der Waals surface area contributed by atoms with Crippen LogP contribution in [0.1, 0.15) is 0 Å². The molecule has 0 bridgehead atoms. The molecule has 1 aromatic heterocycles. The van der Waals surface area contributed by atoms with E-state index in [0.29, 0.717) is 28.2 Å². The molecule has 7 nitrogen and oxygen atoms in total. The molecule has 0 saturated carbocycles. The molecular weight excluding hydrogens is 304 g/mol. The van der Waals surface area contributed by atoms with Crippen LogP contribution < -0.4 is 15.4 Å². The maximum absolute atomic E-state index is 6.00. The molecule has 1 aromatic carbocycles. The fraction of sp³-hybridized carbons (Fsp3) is 0.357. The Hall–Kier alpha value is -2.12. The fourth-order valence-electron chi connectivity index (χ4n) is 1.75. The van der Waals surface area contributed by atoms with Crippen LogP contribution in [0.2, 0.25) is 5.02 Å². The third-order valence-corrected chi connectivity index (χ3v) is 3.07. The number of anilines is 3. The van der Waals surface area contributed by atoms with Crippen molar-refractivity contribution in [3.05, 3.63) is 29.4 Å². The van der Waals surface area contributed by atoms with E-state index in [9.17, 15) is 0 Å². The van der Waals surface area contributed by atoms with Crippen molar-refractivity contribution in [2.75, 3.05) is 44.9 Å². The van der Waals surface area contributed by atoms with E-state index < -0.39 is 0 Å². The lowest BCUT2D eigenvalue weighted by Gasteiger charge is -2.12. The van der Waals surface area contributed by atoms with Crippen molar-refractivity contribution >= 4 is 29.1 Å². The van der Waals surface area contributed by atoms with Gasteiger partial charge in [-0.2, -0.15) is 10.1 Å². The maximum atomic E-state index is 6.00. The lowest BCUT2D eigenvalue weighted by Crippen LogP contribution is -2.21. The number of rotatable bonds is 7. The van der Waals surface area contributed by atoms with Crippen LogP contribution in [0.4, 0.5) is 17.5 Å². The zero-order valence-electron chi connectivity index (χ0n) is 12.8. The highest BCUT2D eigenvalue weighted by molar-refractivity contribution is 6.30. The number of benzene rings is 1. The van der Waals surface area contributed by atoms with E-state index in [0.717, 1.165) is 13.1 Å². The number of aromatic nitrogens is 3. The lowest BCUT2D eigenvalue weighted by molar-refractivity contribution is 0.417. The molecule has 22 heavy (non-hydrogen) atoms. The molecule has 2 N–H and O–H groups in total. The second-order valence-electron chi connectivity index (χ2n) is 4.86. The zero-order valence-corrected chi connectivity index (χ0v) is 13.6. The first-order valence-corrected chi connectivity index (χ1v) is 7.15. The number of ether oxygens (including phenoxy) is 1. The molecule has 0 amide bonds. The number of hydrogen-bond donors (Lipinski definition) is 2. The number of nitrogens with one attached hydrogen (secondary N) is 2. The van der Waals surface area contributed by atoms with Crippen molar-refractivity contribution in [1.29, 1.82) is 0 Å². The van der Waals surface area contributed by atoms with Crippen LogP contribution >= 0.6 is 11.6 Å². The van der Waals surface area contributed by atoms with Gasteiger partial charge in [0.15, 0.2) is 5.82 Å². The molecule has 0 saturated heterocycles. The Morgan fingerprint density at radius 2 is 2.14 bits per heavy atom. The van der Waals surface area contributed by atoms with E-state index in [1.807, 2.05) is 14.1 Å². The normalized spacial score (nSPS) is 10.6. The van der Waals surface area contributed by atoms with Gasteiger partial charge >= 0.3 is 0 Å². The molecule has 2 rings (SSSR count). The standard InChI is InChI=1S/C14H19ClN6O/c1-21(2)7-6-16-13-9-17-20-14(19-13)18-11-8-10(15)4-5-12(11)22-3/h4-5,8-9H,6-7H2,1-3H3,(H2,16,18,19,20). The van der Waals surface area contributed by atoms with Gasteiger partial charge in [-0.15, -0.1) is 5.10 Å². The molecule has 0 aliphatic rings. The molecule has 0 radical (unpaired) electrons. The Balaban J connectivity index is 2.08. The van der Waals surface area contributed by atoms with Crippen molar-refractivity contribution in [2.45, 2.75) is 0 Å². The van der Waals surface area contributed by atoms with Gasteiger partial charge in [-0.1, -0.05) is 11.6 Å². The van der Waals surface area contributed by atoms with E-state index in [2.05, 4.69) is 30.7 Å². The molecule has 0 atom stereocenters. The highest BCUT2D eigenvalue weighted by atomic mass is 35.5. The smallest absolute Gasteiger partial charge is 0.249 e. The molecule has 8 heteroatoms. The second kappa shape index (κ2) is 7.77. The third kappa shape index (κ3) is 4.71. The van der Waals surface area contributed by atoms with Crippen molar-refractivity contribution in [2.24, 2.45) is 0 Å². The van der Waals surface area contributed by atoms with Crippen molar-refractivity contribution in [1.82, 2.24) is 20.1 Å². The fourth-order valence-corrected chi connectivity index (χ4v) is 1.92. The summed E-state index contributed by atoms with van der Waals surface area (Å²) in [5.74, 6) is 1.68. The summed E-state index contributed by atoms with van der Waals surface area (Å²) in [5, 5.41) is 14.7. The number of hydrogen-bond acceptors (Lipinski definition) is 7. The molecule has 2 aromatic rings. The summed E-state index contributed by atoms with van der Waals surface area (Å²) in [4.78, 5) is 6.44. The van der Waals surface area contributed by atoms with Crippen LogP contribution in [0.15, 0.2) is 24.4 Å². The van der Waals surface area contributed by atoms with Crippen molar-refractivity contribution in [3.63, 3.8) is 0 Å². The van der Waals surface area contributed by atoms with Gasteiger partial charge in [-0.05, 0) is 32.3 Å². The topological polar surface area (TPSA) is 75.2 Å². The molecule has 0 unspecified atom stereocenters. The summed E-state index contributed by atoms with van der Waals surface area (Å²) in [6, 6.07) is 5.27. The molecule has 0 fully saturated rings. The SMILES string of the molecule is COc1ccc(Cl)cc1Nc1nncc(NCCN(C)C)n1. The Morgan fingerprint density at radius 3 is 2.86 bits per heavy atom. The summed E-state index contributed by atoms with van der Waals surface area (Å²) >= 11 is 6.00. The van der Waals surface area contributed by atoms with Crippen molar-refractivity contribution < 1.29 is 4.74 Å². The monoisotopic (exact) mass is 322 g/mol. The van der Waals surface area contributed by atoms with E-state index in [-0.39, 0.29) is 0 Å². The van der Waals surface area contributed by atoms with Gasteiger partial charge < -0.3 is 20.3 Å². The van der Waals surface area contributed by atoms with Crippen LogP contribution in [0, 0.1) is 0 Å². The van der Waals surface area contributed by atoms with Crippen LogP contribution in [-0.2, 0) is 0 Å². The predicted molar refractivity (Wildman–Crippen MR) is 88.2 cm³/mol. The van der Waals surface area contributed by atoms with Gasteiger partial charge in [0.25, 0.3) is 0 Å². The third-order valence-electron chi connectivity index (χ3n) is 2.83. The Morgan fingerprint density at radius 1 is 1.32 bits per heavy atom. The first-order valence-electron chi connectivity index (χ1n) is 6.77. The van der Waals surface area contributed by atoms with Gasteiger partial charge in [-0.25, -0.2) is 0 Å². The lowest BCUT2D eigenvalue weighted by atomic mass is 10.3. The number of nitrogens with zero attached hydrogens (tertiary/aromatic N) is 4. The highest BCUT2D eigenvalue weighted by Gasteiger charge is 2.07. The number of methoxy groups -OCH3 is 1. The minimum Gasteiger partial charge on any atom is -0.495 e. The van der Waals surface area contributed by atoms with Crippen LogP contribution in [0.3, 0.4) is 0 Å². The summed E-state index contributed by atoms with van der Waals surface area (Å²) in [6.45, 7) is 1.67. The Bertz CT molecular complexity index is 622. The molecule has 118 valence electrons. The molecule has 0 aliphatic carbocycles. The van der Waals surface area contributed by atoms with E-state index >= 15 is 0 Å². The van der Waals surface area contributed by atoms with Crippen LogP contribution in [-0.4, -0.2) is 54.4 Å². The first-order chi connectivity index (χ1) is 10.6. The number of likely N-dealkylation sites (N-methyl/N-ethyl adjacent to an activating group) is 1. The molecule has 0 spiro atoms. The van der Waals surface area contributed by atoms with E-state index in [4.69, 9.17) is 16.3 Å². The minimum atomic E-state index is 0.371. The molecular formula is C14H19ClN6O. The quantitative estimate of drug-likeness (QED) is 0.809. The van der Waals surface area contributed by atoms with Gasteiger partial charge in [0.1, 0.15) is 5.75 Å². The van der Waals surface area contributed by atoms with Gasteiger partial charge in [0, 0.05) is 18.1 Å². The average Bonchev–Trinajstić information content (AvgIpc) is 2.47. The summed E-state index contributed by atoms with van der Waals surface area (Å²) in [5.41, 5.74) is 0.683. The summed E-state index contributed by atoms with van der Waals surface area (Å²) in [7, 11) is 5.61. The Kier molecular flexibility index (Phi) is 5.74. The number of halogens is 1. The first kappa shape index (κ1) is 16.3. The van der Waals surface area contributed by atoms with E-state index in [1.165, 1.54) is 0 Å². The summed E-state index contributed by atoms with van der Waals surface area (Å²) < 4.78 is 5.28. The molecule has 1 heterocycles. The van der Waals surface area contributed by atoms with Crippen molar-refractivity contribution in [3.8, 4) is 5.75 Å². The maximum Gasteiger partial charge on any atom is 0.249 e. The van der Waals surface area contributed by atoms with Crippen LogP contribution in [0.5, 0.6) is 5.75 Å². The summed E-state index contributed by atoms with van der Waals surface area (Å²) in [6.07, 6.45) is 1.58. The minimum absolute atomic E-state index is 0.371. The van der Waals surface area contributed by atoms with E-state index in [1.54, 1.807) is 31.5 Å². The van der Waals surface area contributed by atoms with Crippen LogP contribution in [0.25, 0.3) is 0 Å². The Labute approximate surface area is 134 Å². The molecule has 0 aliphatic heterocycles. The largest absolute Gasteiger partial charge is 0.495 e. The highest BCUT2D eigenvalue weighted by Crippen LogP contribution is 2.29. The average molecular weight is 323 g/mol.